The van der Waals surface area contributed by atoms with E-state index < -0.39 is 17.7 Å². The van der Waals surface area contributed by atoms with Crippen molar-refractivity contribution in [1.29, 1.82) is 0 Å². The van der Waals surface area contributed by atoms with Crippen LogP contribution in [-0.2, 0) is 4.79 Å². The number of hydrogen-bond acceptors (Lipinski definition) is 6. The molecule has 4 N–H and O–H groups in total. The zero-order chi connectivity index (χ0) is 26.7. The Balaban J connectivity index is 1.37. The molecule has 2 bridgehead atoms. The minimum Gasteiger partial charge on any atom is -0.481 e. The fraction of sp³-hybridized carbons (Fsp3) is 0.414. The number of aromatic nitrogens is 3. The first-order chi connectivity index (χ1) is 18.9. The third-order valence-electron chi connectivity index (χ3n) is 8.80. The molecule has 4 saturated heterocycles. The van der Waals surface area contributed by atoms with Gasteiger partial charge in [-0.05, 0) is 69.0 Å². The van der Waals surface area contributed by atoms with Crippen molar-refractivity contribution in [3.8, 4) is 11.4 Å². The Morgan fingerprint density at radius 2 is 1.87 bits per heavy atom. The summed E-state index contributed by atoms with van der Waals surface area (Å²) in [5.41, 5.74) is 3.03. The number of piperidine rings is 4. The highest BCUT2D eigenvalue weighted by Crippen LogP contribution is 2.38. The van der Waals surface area contributed by atoms with Gasteiger partial charge < -0.3 is 30.2 Å². The number of H-pyrrole nitrogens is 2. The maximum absolute atomic E-state index is 15.8. The standard InChI is InChI=1S/C29H31FN6O3/c30-19-12-18-22(13-24(19)36-9-3-4-17(14-36)29(38)39)34-28(37)25(27-32-20-5-1-2-6-21(20)33-27)26(18)31-23-15-35-10-7-16(23)8-11-35/h1-2,5-6,12-13,16-17,23H,3-4,7-11,14-15H2,(H,32,33)(H,38,39)(H2,31,34,37)/t17?,23-/m0/s1. The Kier molecular flexibility index (Phi) is 5.80. The summed E-state index contributed by atoms with van der Waals surface area (Å²) in [6.45, 7) is 3.85. The maximum atomic E-state index is 15.8. The summed E-state index contributed by atoms with van der Waals surface area (Å²) in [6, 6.07) is 10.9. The minimum absolute atomic E-state index is 0.141. The number of para-hydroxylation sites is 2. The first-order valence-electron chi connectivity index (χ1n) is 13.8. The third-order valence-corrected chi connectivity index (χ3v) is 8.80. The van der Waals surface area contributed by atoms with E-state index in [9.17, 15) is 14.7 Å². The van der Waals surface area contributed by atoms with Gasteiger partial charge in [0.2, 0.25) is 0 Å². The molecule has 1 unspecified atom stereocenters. The van der Waals surface area contributed by atoms with Crippen molar-refractivity contribution in [2.24, 2.45) is 11.8 Å². The average molecular weight is 531 g/mol. The predicted molar refractivity (Wildman–Crippen MR) is 149 cm³/mol. The Bertz CT molecular complexity index is 1610. The quantitative estimate of drug-likeness (QED) is 0.308. The van der Waals surface area contributed by atoms with Gasteiger partial charge in [0.15, 0.2) is 0 Å². The van der Waals surface area contributed by atoms with Crippen molar-refractivity contribution < 1.29 is 14.3 Å². The van der Waals surface area contributed by atoms with Gasteiger partial charge in [0.1, 0.15) is 17.2 Å². The monoisotopic (exact) mass is 530 g/mol. The second-order valence-corrected chi connectivity index (χ2v) is 11.2. The topological polar surface area (TPSA) is 117 Å². The number of nitrogens with zero attached hydrogens (tertiary/aromatic N) is 3. The summed E-state index contributed by atoms with van der Waals surface area (Å²) in [5, 5.41) is 13.8. The largest absolute Gasteiger partial charge is 0.481 e. The van der Waals surface area contributed by atoms with E-state index in [-0.39, 0.29) is 18.1 Å². The molecule has 2 atom stereocenters. The molecule has 0 saturated carbocycles. The van der Waals surface area contributed by atoms with Gasteiger partial charge in [0.05, 0.1) is 33.8 Å². The molecule has 39 heavy (non-hydrogen) atoms. The Hall–Kier alpha value is -3.92. The molecule has 9 nitrogen and oxygen atoms in total. The number of hydrogen-bond donors (Lipinski definition) is 4. The SMILES string of the molecule is O=C(O)C1CCCN(c2cc3[nH]c(=O)c(-c4nc5ccccc5[nH]4)c(N[C@H]4CN5CCC4CC5)c3cc2F)C1. The number of carbonyl (C=O) groups is 1. The molecule has 0 radical (unpaired) electrons. The summed E-state index contributed by atoms with van der Waals surface area (Å²) < 4.78 is 15.8. The first kappa shape index (κ1) is 24.1. The number of fused-ring (bicyclic) bond motifs is 5. The smallest absolute Gasteiger partial charge is 0.308 e. The van der Waals surface area contributed by atoms with Crippen LogP contribution in [-0.4, -0.2) is 69.7 Å². The van der Waals surface area contributed by atoms with Gasteiger partial charge in [-0.3, -0.25) is 9.59 Å². The van der Waals surface area contributed by atoms with E-state index in [1.807, 2.05) is 24.3 Å². The molecule has 2 aromatic carbocycles. The number of imidazole rings is 1. The maximum Gasteiger partial charge on any atom is 0.308 e. The number of rotatable bonds is 5. The molecule has 4 aromatic rings. The van der Waals surface area contributed by atoms with Gasteiger partial charge in [-0.15, -0.1) is 0 Å². The molecule has 2 aromatic heterocycles. The molecular formula is C29H31FN6O3. The summed E-state index contributed by atoms with van der Waals surface area (Å²) >= 11 is 0. The van der Waals surface area contributed by atoms with Gasteiger partial charge in [-0.25, -0.2) is 9.37 Å². The summed E-state index contributed by atoms with van der Waals surface area (Å²) in [6.07, 6.45) is 3.43. The van der Waals surface area contributed by atoms with Crippen LogP contribution in [0.3, 0.4) is 0 Å². The van der Waals surface area contributed by atoms with Gasteiger partial charge in [0.25, 0.3) is 5.56 Å². The fourth-order valence-electron chi connectivity index (χ4n) is 6.71. The van der Waals surface area contributed by atoms with E-state index >= 15 is 4.39 Å². The number of halogens is 1. The lowest BCUT2D eigenvalue weighted by molar-refractivity contribution is -0.141. The lowest BCUT2D eigenvalue weighted by Gasteiger charge is -2.45. The predicted octanol–water partition coefficient (Wildman–Crippen LogP) is 4.02. The zero-order valence-electron chi connectivity index (χ0n) is 21.5. The van der Waals surface area contributed by atoms with Crippen molar-refractivity contribution >= 4 is 39.3 Å². The van der Waals surface area contributed by atoms with Crippen LogP contribution in [0.1, 0.15) is 25.7 Å². The molecule has 10 heteroatoms. The van der Waals surface area contributed by atoms with E-state index in [2.05, 4.69) is 20.2 Å². The highest BCUT2D eigenvalue weighted by atomic mass is 19.1. The number of pyridine rings is 1. The third kappa shape index (κ3) is 4.23. The molecule has 4 aliphatic heterocycles. The number of nitrogens with one attached hydrogen (secondary N) is 3. The van der Waals surface area contributed by atoms with Crippen LogP contribution in [0.15, 0.2) is 41.2 Å². The number of benzene rings is 2. The van der Waals surface area contributed by atoms with Crippen molar-refractivity contribution in [2.75, 3.05) is 42.9 Å². The van der Waals surface area contributed by atoms with E-state index in [4.69, 9.17) is 4.98 Å². The normalized spacial score (nSPS) is 24.9. The zero-order valence-corrected chi connectivity index (χ0v) is 21.5. The number of carboxylic acids is 1. The second kappa shape index (κ2) is 9.37. The lowest BCUT2D eigenvalue weighted by atomic mass is 9.83. The first-order valence-corrected chi connectivity index (χ1v) is 13.8. The van der Waals surface area contributed by atoms with Crippen molar-refractivity contribution in [3.05, 3.63) is 52.6 Å². The number of anilines is 2. The van der Waals surface area contributed by atoms with Crippen LogP contribution in [0.5, 0.6) is 0 Å². The highest BCUT2D eigenvalue weighted by molar-refractivity contribution is 6.00. The molecule has 6 heterocycles. The molecular weight excluding hydrogens is 499 g/mol. The van der Waals surface area contributed by atoms with Crippen LogP contribution in [0, 0.1) is 17.7 Å². The summed E-state index contributed by atoms with van der Waals surface area (Å²) in [5.74, 6) is -0.926. The summed E-state index contributed by atoms with van der Waals surface area (Å²) in [7, 11) is 0. The van der Waals surface area contributed by atoms with Crippen molar-refractivity contribution in [2.45, 2.75) is 31.7 Å². The van der Waals surface area contributed by atoms with E-state index in [1.165, 1.54) is 6.07 Å². The van der Waals surface area contributed by atoms with Crippen molar-refractivity contribution in [3.63, 3.8) is 0 Å². The second-order valence-electron chi connectivity index (χ2n) is 11.2. The van der Waals surface area contributed by atoms with Crippen LogP contribution < -0.4 is 15.8 Å². The van der Waals surface area contributed by atoms with E-state index in [0.717, 1.165) is 43.5 Å². The molecule has 4 fully saturated rings. The number of aliphatic carboxylic acids is 1. The summed E-state index contributed by atoms with van der Waals surface area (Å²) in [4.78, 5) is 40.5. The van der Waals surface area contributed by atoms with Crippen LogP contribution in [0.2, 0.25) is 0 Å². The molecule has 0 amide bonds. The number of carboxylic acid groups (broad SMARTS) is 1. The van der Waals surface area contributed by atoms with E-state index in [0.29, 0.717) is 59.0 Å². The fourth-order valence-corrected chi connectivity index (χ4v) is 6.71. The average Bonchev–Trinajstić information content (AvgIpc) is 3.37. The van der Waals surface area contributed by atoms with Crippen LogP contribution in [0.25, 0.3) is 33.3 Å². The van der Waals surface area contributed by atoms with E-state index in [1.54, 1.807) is 11.0 Å². The van der Waals surface area contributed by atoms with Crippen molar-refractivity contribution in [1.82, 2.24) is 19.9 Å². The molecule has 4 aliphatic rings. The molecule has 202 valence electrons. The molecule has 0 aliphatic carbocycles. The van der Waals surface area contributed by atoms with Gasteiger partial charge in [0, 0.05) is 31.1 Å². The van der Waals surface area contributed by atoms with Crippen LogP contribution >= 0.6 is 0 Å². The van der Waals surface area contributed by atoms with Gasteiger partial charge in [-0.1, -0.05) is 12.1 Å². The number of aromatic amines is 2. The molecule has 0 spiro atoms. The highest BCUT2D eigenvalue weighted by Gasteiger charge is 2.35. The minimum atomic E-state index is -0.867. The van der Waals surface area contributed by atoms with Gasteiger partial charge in [-0.2, -0.15) is 0 Å². The lowest BCUT2D eigenvalue weighted by Crippen LogP contribution is -2.53. The van der Waals surface area contributed by atoms with Gasteiger partial charge >= 0.3 is 5.97 Å². The van der Waals surface area contributed by atoms with Crippen LogP contribution in [0.4, 0.5) is 15.8 Å². The Labute approximate surface area is 224 Å². The Morgan fingerprint density at radius 1 is 1.05 bits per heavy atom. The Morgan fingerprint density at radius 3 is 2.62 bits per heavy atom. The molecule has 8 rings (SSSR count).